The maximum atomic E-state index is 13.1. The molecule has 1 atom stereocenters. The van der Waals surface area contributed by atoms with Gasteiger partial charge in [-0.05, 0) is 71.2 Å². The Kier molecular flexibility index (Phi) is 5.53. The molecule has 1 fully saturated rings. The highest BCUT2D eigenvalue weighted by Gasteiger charge is 2.47. The van der Waals surface area contributed by atoms with Crippen LogP contribution >= 0.6 is 0 Å². The molecule has 0 bridgehead atoms. The number of carbonyl (C=O) groups is 1. The number of hydrogen-bond acceptors (Lipinski definition) is 3. The molecular weight excluding hydrogens is 415 g/mol. The van der Waals surface area contributed by atoms with Crippen molar-refractivity contribution in [3.8, 4) is 11.1 Å². The maximum Gasteiger partial charge on any atom is 0.272 e. The largest absolute Gasteiger partial charge is 0.388 e. The molecular formula is C28H29FN2O2. The smallest absolute Gasteiger partial charge is 0.272 e. The summed E-state index contributed by atoms with van der Waals surface area (Å²) in [6, 6.07) is 17.7. The number of aromatic nitrogens is 1. The topological polar surface area (TPSA) is 53.4 Å². The molecule has 1 aliphatic heterocycles. The number of pyridine rings is 1. The minimum absolute atomic E-state index is 0.178. The van der Waals surface area contributed by atoms with Crippen LogP contribution in [0.25, 0.3) is 11.1 Å². The molecule has 2 aromatic carbocycles. The molecule has 1 N–H and O–H groups in total. The number of nitrogens with zero attached hydrogens (tertiary/aromatic N) is 2. The SMILES string of the molecule is CC(C)c1ccccc1-c1ccc2c(c1)C(O)C1(CCN(C(=O)c3ccc(F)cn3)CC1)C2. The van der Waals surface area contributed by atoms with Gasteiger partial charge in [-0.2, -0.15) is 0 Å². The molecule has 5 rings (SSSR count). The first-order valence-corrected chi connectivity index (χ1v) is 11.7. The number of halogens is 1. The fraction of sp³-hybridized carbons (Fsp3) is 0.357. The van der Waals surface area contributed by atoms with Gasteiger partial charge in [0.1, 0.15) is 11.5 Å². The molecule has 5 heteroatoms. The van der Waals surface area contributed by atoms with Gasteiger partial charge in [0.25, 0.3) is 5.91 Å². The Morgan fingerprint density at radius 2 is 1.88 bits per heavy atom. The molecule has 4 nitrogen and oxygen atoms in total. The third-order valence-electron chi connectivity index (χ3n) is 7.45. The third-order valence-corrected chi connectivity index (χ3v) is 7.45. The molecule has 1 spiro atoms. The van der Waals surface area contributed by atoms with Gasteiger partial charge in [-0.25, -0.2) is 9.37 Å². The average molecular weight is 445 g/mol. The van der Waals surface area contributed by atoms with Gasteiger partial charge in [-0.15, -0.1) is 0 Å². The first kappa shape index (κ1) is 21.8. The molecule has 33 heavy (non-hydrogen) atoms. The number of hydrogen-bond donors (Lipinski definition) is 1. The van der Waals surface area contributed by atoms with E-state index in [-0.39, 0.29) is 17.0 Å². The van der Waals surface area contributed by atoms with E-state index in [9.17, 15) is 14.3 Å². The zero-order chi connectivity index (χ0) is 23.2. The van der Waals surface area contributed by atoms with Gasteiger partial charge in [0.2, 0.25) is 0 Å². The third kappa shape index (κ3) is 3.84. The zero-order valence-electron chi connectivity index (χ0n) is 19.1. The predicted octanol–water partition coefficient (Wildman–Crippen LogP) is 5.52. The van der Waals surface area contributed by atoms with Crippen molar-refractivity contribution < 1.29 is 14.3 Å². The summed E-state index contributed by atoms with van der Waals surface area (Å²) >= 11 is 0. The number of benzene rings is 2. The molecule has 2 aliphatic rings. The first-order valence-electron chi connectivity index (χ1n) is 11.7. The summed E-state index contributed by atoms with van der Waals surface area (Å²) in [5.41, 5.74) is 5.90. The minimum Gasteiger partial charge on any atom is -0.388 e. The van der Waals surface area contributed by atoms with Crippen LogP contribution in [0.5, 0.6) is 0 Å². The number of rotatable bonds is 3. The van der Waals surface area contributed by atoms with E-state index in [1.807, 2.05) is 0 Å². The van der Waals surface area contributed by atoms with Crippen LogP contribution < -0.4 is 0 Å². The fourth-order valence-electron chi connectivity index (χ4n) is 5.52. The molecule has 1 amide bonds. The van der Waals surface area contributed by atoms with Crippen molar-refractivity contribution >= 4 is 5.91 Å². The molecule has 0 saturated carbocycles. The Morgan fingerprint density at radius 1 is 1.12 bits per heavy atom. The van der Waals surface area contributed by atoms with E-state index >= 15 is 0 Å². The summed E-state index contributed by atoms with van der Waals surface area (Å²) in [5.74, 6) is -0.211. The summed E-state index contributed by atoms with van der Waals surface area (Å²) in [5, 5.41) is 11.4. The van der Waals surface area contributed by atoms with Crippen LogP contribution in [-0.2, 0) is 6.42 Å². The van der Waals surface area contributed by atoms with Gasteiger partial charge in [0, 0.05) is 18.5 Å². The second-order valence-electron chi connectivity index (χ2n) is 9.75. The Bertz CT molecular complexity index is 1180. The standard InChI is InChI=1S/C28H29FN2O2/c1-18(2)22-5-3-4-6-23(22)19-7-8-20-16-28(26(32)24(20)15-19)11-13-31(14-12-28)27(33)25-10-9-21(29)17-30-25/h3-10,15,17-18,26,32H,11-14,16H2,1-2H3. The highest BCUT2D eigenvalue weighted by Crippen LogP contribution is 2.52. The quantitative estimate of drug-likeness (QED) is 0.578. The fourth-order valence-corrected chi connectivity index (χ4v) is 5.52. The maximum absolute atomic E-state index is 13.1. The summed E-state index contributed by atoms with van der Waals surface area (Å²) < 4.78 is 13.1. The van der Waals surface area contributed by atoms with Crippen molar-refractivity contribution in [2.24, 2.45) is 5.41 Å². The van der Waals surface area contributed by atoms with Gasteiger partial charge in [-0.1, -0.05) is 50.2 Å². The molecule has 3 aromatic rings. The lowest BCUT2D eigenvalue weighted by Gasteiger charge is -2.41. The predicted molar refractivity (Wildman–Crippen MR) is 126 cm³/mol. The van der Waals surface area contributed by atoms with Crippen molar-refractivity contribution in [3.63, 3.8) is 0 Å². The van der Waals surface area contributed by atoms with E-state index in [2.05, 4.69) is 61.3 Å². The lowest BCUT2D eigenvalue weighted by atomic mass is 9.74. The second-order valence-corrected chi connectivity index (χ2v) is 9.75. The van der Waals surface area contributed by atoms with E-state index in [4.69, 9.17) is 0 Å². The molecule has 1 unspecified atom stereocenters. The summed E-state index contributed by atoms with van der Waals surface area (Å²) in [6.45, 7) is 5.52. The van der Waals surface area contributed by atoms with Crippen molar-refractivity contribution in [1.82, 2.24) is 9.88 Å². The van der Waals surface area contributed by atoms with Crippen LogP contribution in [0.1, 0.15) is 65.9 Å². The van der Waals surface area contributed by atoms with Crippen molar-refractivity contribution in [3.05, 3.63) is 89.0 Å². The van der Waals surface area contributed by atoms with E-state index in [1.165, 1.54) is 28.8 Å². The molecule has 1 saturated heterocycles. The molecule has 1 aliphatic carbocycles. The van der Waals surface area contributed by atoms with Gasteiger partial charge in [-0.3, -0.25) is 4.79 Å². The second kappa shape index (κ2) is 8.38. The van der Waals surface area contributed by atoms with Gasteiger partial charge < -0.3 is 10.0 Å². The van der Waals surface area contributed by atoms with E-state index in [0.717, 1.165) is 36.6 Å². The number of likely N-dealkylation sites (tertiary alicyclic amines) is 1. The summed E-state index contributed by atoms with van der Waals surface area (Å²) in [7, 11) is 0. The summed E-state index contributed by atoms with van der Waals surface area (Å²) in [4.78, 5) is 18.5. The van der Waals surface area contributed by atoms with Crippen molar-refractivity contribution in [2.75, 3.05) is 13.1 Å². The monoisotopic (exact) mass is 444 g/mol. The highest BCUT2D eigenvalue weighted by molar-refractivity contribution is 5.92. The van der Waals surface area contributed by atoms with Crippen molar-refractivity contribution in [2.45, 2.75) is 45.1 Å². The zero-order valence-corrected chi connectivity index (χ0v) is 19.1. The number of aliphatic hydroxyl groups is 1. The first-order chi connectivity index (χ1) is 15.9. The van der Waals surface area contributed by atoms with Crippen LogP contribution in [-0.4, -0.2) is 34.0 Å². The molecule has 0 radical (unpaired) electrons. The van der Waals surface area contributed by atoms with Crippen LogP contribution in [0.3, 0.4) is 0 Å². The van der Waals surface area contributed by atoms with E-state index in [1.54, 1.807) is 4.90 Å². The van der Waals surface area contributed by atoms with Crippen LogP contribution in [0.4, 0.5) is 4.39 Å². The highest BCUT2D eigenvalue weighted by atomic mass is 19.1. The Morgan fingerprint density at radius 3 is 2.58 bits per heavy atom. The summed E-state index contributed by atoms with van der Waals surface area (Å²) in [6.07, 6.45) is 2.82. The normalized spacial score (nSPS) is 19.2. The number of amides is 1. The molecule has 170 valence electrons. The number of piperidine rings is 1. The van der Waals surface area contributed by atoms with Crippen LogP contribution in [0, 0.1) is 11.2 Å². The molecule has 1 aromatic heterocycles. The minimum atomic E-state index is -0.542. The Hall–Kier alpha value is -3.05. The molecule has 2 heterocycles. The Labute approximate surface area is 194 Å². The average Bonchev–Trinajstić information content (AvgIpc) is 3.10. The lowest BCUT2D eigenvalue weighted by molar-refractivity contribution is -0.00947. The van der Waals surface area contributed by atoms with Crippen LogP contribution in [0.15, 0.2) is 60.8 Å². The lowest BCUT2D eigenvalue weighted by Crippen LogP contribution is -2.45. The van der Waals surface area contributed by atoms with Crippen LogP contribution in [0.2, 0.25) is 0 Å². The van der Waals surface area contributed by atoms with Gasteiger partial charge >= 0.3 is 0 Å². The van der Waals surface area contributed by atoms with Gasteiger partial charge in [0.15, 0.2) is 0 Å². The van der Waals surface area contributed by atoms with E-state index in [0.29, 0.717) is 19.0 Å². The van der Waals surface area contributed by atoms with Crippen molar-refractivity contribution in [1.29, 1.82) is 0 Å². The van der Waals surface area contributed by atoms with Gasteiger partial charge in [0.05, 0.1) is 12.3 Å². The Balaban J connectivity index is 1.35. The number of carbonyl (C=O) groups excluding carboxylic acids is 1. The van der Waals surface area contributed by atoms with E-state index < -0.39 is 11.9 Å². The number of fused-ring (bicyclic) bond motifs is 1. The number of aliphatic hydroxyl groups excluding tert-OH is 1.